The lowest BCUT2D eigenvalue weighted by Crippen LogP contribution is -2.13. The van der Waals surface area contributed by atoms with Gasteiger partial charge in [0.15, 0.2) is 0 Å². The van der Waals surface area contributed by atoms with Crippen molar-refractivity contribution in [1.29, 1.82) is 0 Å². The van der Waals surface area contributed by atoms with Crippen LogP contribution < -0.4 is 0 Å². The summed E-state index contributed by atoms with van der Waals surface area (Å²) in [5, 5.41) is 9.16. The maximum atomic E-state index is 9.16. The largest absolute Gasteiger partial charge is 0.393 e. The molecule has 0 unspecified atom stereocenters. The third-order valence-electron chi connectivity index (χ3n) is 2.77. The van der Waals surface area contributed by atoms with Crippen LogP contribution in [0.3, 0.4) is 0 Å². The zero-order valence-electron chi connectivity index (χ0n) is 8.49. The van der Waals surface area contributed by atoms with Crippen LogP contribution in [0.4, 0.5) is 0 Å². The first-order chi connectivity index (χ1) is 6.80. The first-order valence-electron chi connectivity index (χ1n) is 5.15. The Morgan fingerprint density at radius 1 is 1.36 bits per heavy atom. The molecule has 14 heavy (non-hydrogen) atoms. The molecule has 76 valence electrons. The van der Waals surface area contributed by atoms with Crippen molar-refractivity contribution in [3.05, 3.63) is 35.4 Å². The standard InChI is InChI=1S/C12H16O2/c1-2-3-10-4-6-11(7-5-10)12(8-13)9-14-12/h4-7,13H,2-3,8-9H2,1H3/t12-/m1/s1. The molecular weight excluding hydrogens is 176 g/mol. The zero-order valence-corrected chi connectivity index (χ0v) is 8.49. The minimum absolute atomic E-state index is 0.0835. The van der Waals surface area contributed by atoms with Gasteiger partial charge >= 0.3 is 0 Å². The van der Waals surface area contributed by atoms with Gasteiger partial charge in [0.1, 0.15) is 5.60 Å². The van der Waals surface area contributed by atoms with Gasteiger partial charge in [-0.1, -0.05) is 37.6 Å². The fourth-order valence-electron chi connectivity index (χ4n) is 1.70. The van der Waals surface area contributed by atoms with Crippen molar-refractivity contribution in [1.82, 2.24) is 0 Å². The number of hydrogen-bond acceptors (Lipinski definition) is 2. The number of rotatable bonds is 4. The first kappa shape index (κ1) is 9.69. The van der Waals surface area contributed by atoms with Gasteiger partial charge in [0.2, 0.25) is 0 Å². The highest BCUT2D eigenvalue weighted by molar-refractivity contribution is 5.30. The summed E-state index contributed by atoms with van der Waals surface area (Å²) in [6.45, 7) is 2.91. The number of benzene rings is 1. The maximum absolute atomic E-state index is 9.16. The van der Waals surface area contributed by atoms with Crippen LogP contribution in [-0.4, -0.2) is 18.3 Å². The lowest BCUT2D eigenvalue weighted by Gasteiger charge is -2.09. The second-order valence-corrected chi connectivity index (χ2v) is 3.89. The fourth-order valence-corrected chi connectivity index (χ4v) is 1.70. The molecule has 1 fully saturated rings. The van der Waals surface area contributed by atoms with Crippen molar-refractivity contribution in [2.45, 2.75) is 25.4 Å². The van der Waals surface area contributed by atoms with Gasteiger partial charge in [-0.05, 0) is 17.5 Å². The van der Waals surface area contributed by atoms with Crippen molar-refractivity contribution >= 4 is 0 Å². The van der Waals surface area contributed by atoms with E-state index < -0.39 is 0 Å². The summed E-state index contributed by atoms with van der Waals surface area (Å²) in [7, 11) is 0. The van der Waals surface area contributed by atoms with Crippen molar-refractivity contribution in [3.8, 4) is 0 Å². The van der Waals surface area contributed by atoms with E-state index >= 15 is 0 Å². The molecule has 1 N–H and O–H groups in total. The van der Waals surface area contributed by atoms with Crippen LogP contribution in [0.1, 0.15) is 24.5 Å². The van der Waals surface area contributed by atoms with Gasteiger partial charge in [-0.25, -0.2) is 0 Å². The van der Waals surface area contributed by atoms with Gasteiger partial charge in [-0.15, -0.1) is 0 Å². The van der Waals surface area contributed by atoms with Gasteiger partial charge in [0.05, 0.1) is 13.2 Å². The quantitative estimate of drug-likeness (QED) is 0.738. The fraction of sp³-hybridized carbons (Fsp3) is 0.500. The van der Waals surface area contributed by atoms with Crippen LogP contribution in [0.25, 0.3) is 0 Å². The van der Waals surface area contributed by atoms with E-state index in [1.54, 1.807) is 0 Å². The Kier molecular flexibility index (Phi) is 2.57. The van der Waals surface area contributed by atoms with Crippen LogP contribution in [0, 0.1) is 0 Å². The summed E-state index contributed by atoms with van der Waals surface area (Å²) < 4.78 is 5.28. The van der Waals surface area contributed by atoms with E-state index in [1.807, 2.05) is 0 Å². The average molecular weight is 192 g/mol. The van der Waals surface area contributed by atoms with E-state index in [9.17, 15) is 0 Å². The predicted molar refractivity (Wildman–Crippen MR) is 55.2 cm³/mol. The molecule has 0 aromatic heterocycles. The van der Waals surface area contributed by atoms with Crippen molar-refractivity contribution in [3.63, 3.8) is 0 Å². The smallest absolute Gasteiger partial charge is 0.139 e. The molecule has 1 saturated heterocycles. The van der Waals surface area contributed by atoms with Gasteiger partial charge < -0.3 is 9.84 Å². The van der Waals surface area contributed by atoms with Gasteiger partial charge in [0.25, 0.3) is 0 Å². The van der Waals surface area contributed by atoms with E-state index in [2.05, 4.69) is 31.2 Å². The number of ether oxygens (including phenoxy) is 1. The Morgan fingerprint density at radius 2 is 2.00 bits per heavy atom. The lowest BCUT2D eigenvalue weighted by molar-refractivity contribution is 0.172. The molecule has 1 heterocycles. The summed E-state index contributed by atoms with van der Waals surface area (Å²) in [6.07, 6.45) is 2.29. The molecule has 1 aliphatic rings. The summed E-state index contributed by atoms with van der Waals surface area (Å²) in [4.78, 5) is 0. The van der Waals surface area contributed by atoms with Crippen LogP contribution in [0.2, 0.25) is 0 Å². The molecule has 0 saturated carbocycles. The van der Waals surface area contributed by atoms with Crippen LogP contribution in [-0.2, 0) is 16.8 Å². The molecule has 2 rings (SSSR count). The van der Waals surface area contributed by atoms with Crippen LogP contribution in [0.15, 0.2) is 24.3 Å². The summed E-state index contributed by atoms with van der Waals surface area (Å²) in [5.74, 6) is 0. The van der Waals surface area contributed by atoms with Gasteiger partial charge in [-0.2, -0.15) is 0 Å². The Morgan fingerprint density at radius 3 is 2.43 bits per heavy atom. The second kappa shape index (κ2) is 3.71. The summed E-state index contributed by atoms with van der Waals surface area (Å²) in [6, 6.07) is 8.37. The Labute approximate surface area is 84.5 Å². The Bertz CT molecular complexity index is 299. The monoisotopic (exact) mass is 192 g/mol. The molecule has 2 nitrogen and oxygen atoms in total. The molecule has 1 aliphatic heterocycles. The minimum atomic E-state index is -0.370. The van der Waals surface area contributed by atoms with Gasteiger partial charge in [0, 0.05) is 0 Å². The van der Waals surface area contributed by atoms with E-state index in [0.717, 1.165) is 12.0 Å². The SMILES string of the molecule is CCCc1ccc([C@@]2(CO)CO2)cc1. The average Bonchev–Trinajstić information content (AvgIpc) is 3.00. The Balaban J connectivity index is 2.14. The van der Waals surface area contributed by atoms with Crippen molar-refractivity contribution in [2.24, 2.45) is 0 Å². The minimum Gasteiger partial charge on any atom is -0.393 e. The van der Waals surface area contributed by atoms with E-state index in [0.29, 0.717) is 6.61 Å². The lowest BCUT2D eigenvalue weighted by atomic mass is 9.98. The molecule has 0 amide bonds. The molecule has 0 radical (unpaired) electrons. The first-order valence-corrected chi connectivity index (χ1v) is 5.15. The molecule has 1 aromatic carbocycles. The third-order valence-corrected chi connectivity index (χ3v) is 2.77. The highest BCUT2D eigenvalue weighted by atomic mass is 16.6. The van der Waals surface area contributed by atoms with E-state index in [1.165, 1.54) is 12.0 Å². The Hall–Kier alpha value is -0.860. The number of aliphatic hydroxyl groups is 1. The maximum Gasteiger partial charge on any atom is 0.139 e. The second-order valence-electron chi connectivity index (χ2n) is 3.89. The topological polar surface area (TPSA) is 32.8 Å². The highest BCUT2D eigenvalue weighted by Gasteiger charge is 2.45. The number of epoxide rings is 1. The summed E-state index contributed by atoms with van der Waals surface area (Å²) in [5.41, 5.74) is 2.08. The van der Waals surface area contributed by atoms with Crippen molar-refractivity contribution in [2.75, 3.05) is 13.2 Å². The predicted octanol–water partition coefficient (Wildman–Crippen LogP) is 1.86. The number of aryl methyl sites for hydroxylation is 1. The molecule has 1 atom stereocenters. The molecular formula is C12H16O2. The highest BCUT2D eigenvalue weighted by Crippen LogP contribution is 2.37. The van der Waals surface area contributed by atoms with Crippen molar-refractivity contribution < 1.29 is 9.84 Å². The summed E-state index contributed by atoms with van der Waals surface area (Å²) >= 11 is 0. The number of hydrogen-bond donors (Lipinski definition) is 1. The normalized spacial score (nSPS) is 25.0. The van der Waals surface area contributed by atoms with Gasteiger partial charge in [-0.3, -0.25) is 0 Å². The third kappa shape index (κ3) is 1.68. The molecule has 0 aliphatic carbocycles. The molecule has 0 bridgehead atoms. The molecule has 1 aromatic rings. The molecule has 2 heteroatoms. The number of aliphatic hydroxyl groups excluding tert-OH is 1. The molecule has 0 spiro atoms. The van der Waals surface area contributed by atoms with E-state index in [4.69, 9.17) is 9.84 Å². The van der Waals surface area contributed by atoms with E-state index in [-0.39, 0.29) is 12.2 Å². The zero-order chi connectivity index (χ0) is 10.0. The van der Waals surface area contributed by atoms with Crippen LogP contribution in [0.5, 0.6) is 0 Å². The van der Waals surface area contributed by atoms with Crippen LogP contribution >= 0.6 is 0 Å².